The Bertz CT molecular complexity index is 515. The summed E-state index contributed by atoms with van der Waals surface area (Å²) >= 11 is 0. The molecule has 0 aliphatic heterocycles. The fourth-order valence-electron chi connectivity index (χ4n) is 2.52. The van der Waals surface area contributed by atoms with Gasteiger partial charge in [-0.25, -0.2) is 4.79 Å². The quantitative estimate of drug-likeness (QED) is 0.826. The van der Waals surface area contributed by atoms with Crippen molar-refractivity contribution in [2.24, 2.45) is 13.0 Å². The zero-order valence-electron chi connectivity index (χ0n) is 11.9. The highest BCUT2D eigenvalue weighted by Crippen LogP contribution is 2.37. The molecule has 1 aliphatic carbocycles. The molecule has 104 valence electrons. The summed E-state index contributed by atoms with van der Waals surface area (Å²) in [7, 11) is 3.95. The molecule has 0 amide bonds. The maximum Gasteiger partial charge on any atom is 0.328 e. The second-order valence-corrected chi connectivity index (χ2v) is 5.31. The van der Waals surface area contributed by atoms with Gasteiger partial charge in [-0.1, -0.05) is 0 Å². The molecule has 0 radical (unpaired) electrons. The van der Waals surface area contributed by atoms with Crippen LogP contribution in [-0.4, -0.2) is 33.9 Å². The summed E-state index contributed by atoms with van der Waals surface area (Å²) in [5, 5.41) is 13.2. The van der Waals surface area contributed by atoms with Gasteiger partial charge >= 0.3 is 5.97 Å². The van der Waals surface area contributed by atoms with Crippen LogP contribution in [0.4, 0.5) is 5.82 Å². The smallest absolute Gasteiger partial charge is 0.328 e. The minimum Gasteiger partial charge on any atom is -0.478 e. The van der Waals surface area contributed by atoms with Gasteiger partial charge in [0.25, 0.3) is 0 Å². The van der Waals surface area contributed by atoms with E-state index in [1.54, 1.807) is 6.08 Å². The molecule has 5 heteroatoms. The van der Waals surface area contributed by atoms with E-state index in [4.69, 9.17) is 5.11 Å². The number of anilines is 1. The van der Waals surface area contributed by atoms with E-state index in [0.717, 1.165) is 23.0 Å². The Balaban J connectivity index is 2.34. The van der Waals surface area contributed by atoms with Crippen LogP contribution in [0, 0.1) is 12.8 Å². The number of hydrogen-bond donors (Lipinski definition) is 1. The molecule has 0 spiro atoms. The van der Waals surface area contributed by atoms with Gasteiger partial charge in [0.1, 0.15) is 5.82 Å². The fourth-order valence-corrected chi connectivity index (χ4v) is 2.52. The average molecular weight is 263 g/mol. The molecule has 1 atom stereocenters. The van der Waals surface area contributed by atoms with E-state index in [9.17, 15) is 4.79 Å². The summed E-state index contributed by atoms with van der Waals surface area (Å²) in [5.41, 5.74) is 1.74. The van der Waals surface area contributed by atoms with Crippen molar-refractivity contribution < 1.29 is 9.90 Å². The number of carboxylic acid groups (broad SMARTS) is 1. The number of aryl methyl sites for hydroxylation is 2. The molecule has 19 heavy (non-hydrogen) atoms. The number of rotatable bonds is 5. The van der Waals surface area contributed by atoms with E-state index >= 15 is 0 Å². The van der Waals surface area contributed by atoms with Gasteiger partial charge in [0.2, 0.25) is 0 Å². The first-order valence-corrected chi connectivity index (χ1v) is 6.59. The minimum absolute atomic E-state index is 0.451. The van der Waals surface area contributed by atoms with Crippen LogP contribution in [0.25, 0.3) is 6.08 Å². The van der Waals surface area contributed by atoms with Crippen LogP contribution in [0.2, 0.25) is 0 Å². The zero-order chi connectivity index (χ0) is 14.2. The van der Waals surface area contributed by atoms with Crippen molar-refractivity contribution in [2.45, 2.75) is 32.7 Å². The molecule has 1 aliphatic rings. The van der Waals surface area contributed by atoms with Gasteiger partial charge in [-0.3, -0.25) is 4.68 Å². The standard InChI is InChI=1S/C14H21N3O2/c1-9-12(7-8-13(18)19)14(17(4)15-9)16(3)10(2)11-5-6-11/h7-8,10-11H,5-6H2,1-4H3,(H,18,19)/b8-7+. The third kappa shape index (κ3) is 2.80. The van der Waals surface area contributed by atoms with E-state index in [1.807, 2.05) is 18.7 Å². The first-order valence-electron chi connectivity index (χ1n) is 6.59. The van der Waals surface area contributed by atoms with Gasteiger partial charge in [-0.2, -0.15) is 5.10 Å². The Hall–Kier alpha value is -1.78. The lowest BCUT2D eigenvalue weighted by molar-refractivity contribution is -0.131. The molecule has 1 heterocycles. The lowest BCUT2D eigenvalue weighted by Gasteiger charge is -2.27. The van der Waals surface area contributed by atoms with Gasteiger partial charge in [-0.15, -0.1) is 0 Å². The zero-order valence-corrected chi connectivity index (χ0v) is 11.9. The van der Waals surface area contributed by atoms with Gasteiger partial charge in [0.05, 0.1) is 5.69 Å². The Morgan fingerprint density at radius 1 is 1.58 bits per heavy atom. The van der Waals surface area contributed by atoms with Crippen molar-refractivity contribution >= 4 is 17.9 Å². The summed E-state index contributed by atoms with van der Waals surface area (Å²) in [6, 6.07) is 0.451. The van der Waals surface area contributed by atoms with Crippen molar-refractivity contribution in [1.82, 2.24) is 9.78 Å². The number of aromatic nitrogens is 2. The van der Waals surface area contributed by atoms with E-state index in [-0.39, 0.29) is 0 Å². The van der Waals surface area contributed by atoms with Crippen molar-refractivity contribution in [2.75, 3.05) is 11.9 Å². The molecule has 1 aromatic rings. The number of hydrogen-bond acceptors (Lipinski definition) is 3. The number of carboxylic acids is 1. The summed E-state index contributed by atoms with van der Waals surface area (Å²) in [6.07, 6.45) is 5.37. The predicted octanol–water partition coefficient (Wildman–Crippen LogP) is 2.06. The second kappa shape index (κ2) is 5.07. The fraction of sp³-hybridized carbons (Fsp3) is 0.571. The third-order valence-corrected chi connectivity index (χ3v) is 3.88. The highest BCUT2D eigenvalue weighted by atomic mass is 16.4. The van der Waals surface area contributed by atoms with Crippen LogP contribution in [0.1, 0.15) is 31.0 Å². The maximum absolute atomic E-state index is 10.7. The van der Waals surface area contributed by atoms with Gasteiger partial charge < -0.3 is 10.0 Å². The molecular weight excluding hydrogens is 242 g/mol. The summed E-state index contributed by atoms with van der Waals surface area (Å²) in [5.74, 6) is 0.790. The lowest BCUT2D eigenvalue weighted by Crippen LogP contribution is -2.32. The largest absolute Gasteiger partial charge is 0.478 e. The molecule has 0 bridgehead atoms. The number of carbonyl (C=O) groups is 1. The van der Waals surface area contributed by atoms with Gasteiger partial charge in [-0.05, 0) is 38.7 Å². The molecule has 1 fully saturated rings. The highest BCUT2D eigenvalue weighted by Gasteiger charge is 2.32. The maximum atomic E-state index is 10.7. The Morgan fingerprint density at radius 2 is 2.21 bits per heavy atom. The molecule has 5 nitrogen and oxygen atoms in total. The first kappa shape index (κ1) is 13.6. The first-order chi connectivity index (χ1) is 8.91. The van der Waals surface area contributed by atoms with E-state index in [2.05, 4.69) is 24.0 Å². The third-order valence-electron chi connectivity index (χ3n) is 3.88. The second-order valence-electron chi connectivity index (χ2n) is 5.31. The van der Waals surface area contributed by atoms with Crippen LogP contribution >= 0.6 is 0 Å². The van der Waals surface area contributed by atoms with E-state index in [0.29, 0.717) is 6.04 Å². The molecule has 0 saturated heterocycles. The van der Waals surface area contributed by atoms with Crippen LogP contribution < -0.4 is 4.90 Å². The van der Waals surface area contributed by atoms with Crippen molar-refractivity contribution in [3.05, 3.63) is 17.3 Å². The lowest BCUT2D eigenvalue weighted by atomic mass is 10.1. The molecular formula is C14H21N3O2. The Kier molecular flexibility index (Phi) is 3.64. The SMILES string of the molecule is Cc1nn(C)c(N(C)C(C)C2CC2)c1/C=C/C(=O)O. The molecule has 1 N–H and O–H groups in total. The topological polar surface area (TPSA) is 58.4 Å². The number of aliphatic carboxylic acids is 1. The molecule has 0 aromatic carbocycles. The van der Waals surface area contributed by atoms with Crippen LogP contribution in [0.3, 0.4) is 0 Å². The molecule has 1 aromatic heterocycles. The molecule has 1 unspecified atom stereocenters. The van der Waals surface area contributed by atoms with Crippen LogP contribution in [0.15, 0.2) is 6.08 Å². The minimum atomic E-state index is -0.938. The Morgan fingerprint density at radius 3 is 2.74 bits per heavy atom. The molecule has 2 rings (SSSR count). The van der Waals surface area contributed by atoms with Gasteiger partial charge in [0.15, 0.2) is 0 Å². The predicted molar refractivity (Wildman–Crippen MR) is 75.2 cm³/mol. The van der Waals surface area contributed by atoms with Crippen LogP contribution in [0.5, 0.6) is 0 Å². The van der Waals surface area contributed by atoms with E-state index in [1.165, 1.54) is 18.9 Å². The summed E-state index contributed by atoms with van der Waals surface area (Å²) < 4.78 is 1.83. The van der Waals surface area contributed by atoms with Crippen molar-refractivity contribution in [3.63, 3.8) is 0 Å². The van der Waals surface area contributed by atoms with Crippen molar-refractivity contribution in [3.8, 4) is 0 Å². The van der Waals surface area contributed by atoms with Gasteiger partial charge in [0, 0.05) is 31.8 Å². The molecule has 1 saturated carbocycles. The normalized spacial score (nSPS) is 16.8. The average Bonchev–Trinajstić information content (AvgIpc) is 3.12. The monoisotopic (exact) mass is 263 g/mol. The van der Waals surface area contributed by atoms with Crippen molar-refractivity contribution in [1.29, 1.82) is 0 Å². The summed E-state index contributed by atoms with van der Waals surface area (Å²) in [4.78, 5) is 12.9. The summed E-state index contributed by atoms with van der Waals surface area (Å²) in [6.45, 7) is 4.12. The Labute approximate surface area is 113 Å². The van der Waals surface area contributed by atoms with Crippen LogP contribution in [-0.2, 0) is 11.8 Å². The highest BCUT2D eigenvalue weighted by molar-refractivity contribution is 5.87. The number of nitrogens with zero attached hydrogens (tertiary/aromatic N) is 3. The van der Waals surface area contributed by atoms with E-state index < -0.39 is 5.97 Å².